The predicted octanol–water partition coefficient (Wildman–Crippen LogP) is 3.49. The van der Waals surface area contributed by atoms with Crippen LogP contribution in [0.15, 0.2) is 27.8 Å². The molecule has 0 atom stereocenters. The van der Waals surface area contributed by atoms with Crippen molar-refractivity contribution in [1.82, 2.24) is 19.1 Å². The molecule has 0 spiro atoms. The van der Waals surface area contributed by atoms with Crippen LogP contribution in [-0.2, 0) is 35.0 Å². The number of nitrogens with zero attached hydrogens (tertiary/aromatic N) is 3. The normalized spacial score (nSPS) is 11.2. The van der Waals surface area contributed by atoms with Gasteiger partial charge in [-0.3, -0.25) is 9.36 Å². The van der Waals surface area contributed by atoms with Crippen molar-refractivity contribution >= 4 is 19.5 Å². The van der Waals surface area contributed by atoms with E-state index in [4.69, 9.17) is 24.9 Å². The number of terminal acetylenes is 1. The molecule has 0 bridgehead atoms. The van der Waals surface area contributed by atoms with Gasteiger partial charge in [0.05, 0.1) is 34.0 Å². The molecule has 0 fully saturated rings. The van der Waals surface area contributed by atoms with Crippen molar-refractivity contribution in [2.45, 2.75) is 52.6 Å². The average molecular weight is 531 g/mol. The van der Waals surface area contributed by atoms with Crippen LogP contribution in [0.2, 0.25) is 0 Å². The lowest BCUT2D eigenvalue weighted by Gasteiger charge is -2.15. The fraction of sp³-hybridized carbons (Fsp3) is 0.500. The summed E-state index contributed by atoms with van der Waals surface area (Å²) in [6, 6.07) is 5.72. The molecule has 37 heavy (non-hydrogen) atoms. The Morgan fingerprint density at radius 3 is 2.41 bits per heavy atom. The van der Waals surface area contributed by atoms with Gasteiger partial charge >= 0.3 is 5.69 Å². The molecule has 3 aromatic rings. The molecule has 1 N–H and O–H groups in total. The molecule has 0 aliphatic heterocycles. The minimum atomic E-state index is -0.939. The van der Waals surface area contributed by atoms with Crippen LogP contribution in [0.4, 0.5) is 0 Å². The topological polar surface area (TPSA) is 110 Å². The molecule has 0 radical (unpaired) electrons. The van der Waals surface area contributed by atoms with Crippen molar-refractivity contribution in [1.29, 1.82) is 0 Å². The number of imidazole rings is 1. The molecule has 0 amide bonds. The summed E-state index contributed by atoms with van der Waals surface area (Å²) in [5.41, 5.74) is 0.742. The van der Waals surface area contributed by atoms with Gasteiger partial charge in [0.15, 0.2) is 25.5 Å². The second kappa shape index (κ2) is 14.0. The fourth-order valence-electron chi connectivity index (χ4n) is 4.03. The Balaban J connectivity index is 1.83. The van der Waals surface area contributed by atoms with Crippen molar-refractivity contribution < 1.29 is 18.5 Å². The second-order valence-corrected chi connectivity index (χ2v) is 9.83. The van der Waals surface area contributed by atoms with Gasteiger partial charge in [-0.2, -0.15) is 0 Å². The molecule has 10 nitrogen and oxygen atoms in total. The minimum Gasteiger partial charge on any atom is -0.493 e. The quantitative estimate of drug-likeness (QED) is 0.182. The molecular weight excluding hydrogens is 495 g/mol. The van der Waals surface area contributed by atoms with E-state index in [-0.39, 0.29) is 12.1 Å². The van der Waals surface area contributed by atoms with Crippen molar-refractivity contribution in [3.05, 3.63) is 50.4 Å². The molecule has 11 heteroatoms. The van der Waals surface area contributed by atoms with E-state index < -0.39 is 19.6 Å². The number of aromatic nitrogens is 4. The van der Waals surface area contributed by atoms with Crippen molar-refractivity contribution in [3.8, 4) is 23.8 Å². The van der Waals surface area contributed by atoms with Crippen LogP contribution in [0.25, 0.3) is 11.2 Å². The number of hydrogen-bond donors (Lipinski definition) is 1. The van der Waals surface area contributed by atoms with Gasteiger partial charge in [-0.05, 0) is 50.8 Å². The van der Waals surface area contributed by atoms with Gasteiger partial charge in [-0.15, -0.1) is 6.42 Å². The lowest BCUT2D eigenvalue weighted by Crippen LogP contribution is -2.40. The number of fused-ring (bicyclic) bond motifs is 1. The zero-order chi connectivity index (χ0) is 26.8. The Bertz CT molecular complexity index is 1330. The van der Waals surface area contributed by atoms with Gasteiger partial charge in [0.25, 0.3) is 5.56 Å². The SMILES string of the molecule is C#CCn1c(=O)c2[nH]c(CCc3ccc(OC)c(OC)c3)nc2n(CCCCP(OCC)OCC)c1=O. The van der Waals surface area contributed by atoms with Crippen LogP contribution in [0.1, 0.15) is 38.1 Å². The summed E-state index contributed by atoms with van der Waals surface area (Å²) in [6.07, 6.45) is 8.92. The Morgan fingerprint density at radius 2 is 1.76 bits per heavy atom. The van der Waals surface area contributed by atoms with E-state index in [2.05, 4.69) is 15.9 Å². The van der Waals surface area contributed by atoms with Crippen molar-refractivity contribution in [2.24, 2.45) is 0 Å². The molecule has 2 heterocycles. The number of nitrogens with one attached hydrogen (secondary N) is 1. The van der Waals surface area contributed by atoms with E-state index in [1.54, 1.807) is 14.2 Å². The Morgan fingerprint density at radius 1 is 1.03 bits per heavy atom. The smallest absolute Gasteiger partial charge is 0.333 e. The van der Waals surface area contributed by atoms with Crippen LogP contribution < -0.4 is 20.7 Å². The lowest BCUT2D eigenvalue weighted by molar-refractivity contribution is 0.268. The first kappa shape index (κ1) is 28.5. The second-order valence-electron chi connectivity index (χ2n) is 8.20. The number of H-pyrrole nitrogens is 1. The maximum absolute atomic E-state index is 13.2. The largest absolute Gasteiger partial charge is 0.493 e. The standard InChI is InChI=1S/C26H35N4O6P/c1-6-15-30-25(31)23-24(29(26(30)32)16-9-10-17-37(35-7-2)36-8-3)28-22(27-23)14-12-19-11-13-20(33-4)21(18-19)34-5/h1,11,13,18H,7-10,12,14-17H2,2-5H3,(H,27,28). The summed E-state index contributed by atoms with van der Waals surface area (Å²) in [5, 5.41) is 0. The van der Waals surface area contributed by atoms with E-state index in [1.165, 1.54) is 4.57 Å². The van der Waals surface area contributed by atoms with Crippen LogP contribution in [0, 0.1) is 12.3 Å². The molecule has 0 saturated heterocycles. The molecule has 0 saturated carbocycles. The summed E-state index contributed by atoms with van der Waals surface area (Å²) >= 11 is 0. The van der Waals surface area contributed by atoms with Crippen molar-refractivity contribution in [2.75, 3.05) is 33.6 Å². The minimum absolute atomic E-state index is 0.104. The molecule has 3 rings (SSSR count). The average Bonchev–Trinajstić information content (AvgIpc) is 3.33. The number of hydrogen-bond acceptors (Lipinski definition) is 7. The molecule has 1 aromatic carbocycles. The number of benzene rings is 1. The summed E-state index contributed by atoms with van der Waals surface area (Å²) in [7, 11) is 2.25. The molecule has 0 aliphatic rings. The number of rotatable bonds is 15. The molecule has 0 aliphatic carbocycles. The first-order valence-corrected chi connectivity index (χ1v) is 13.7. The monoisotopic (exact) mass is 530 g/mol. The van der Waals surface area contributed by atoms with Gasteiger partial charge in [-0.1, -0.05) is 12.0 Å². The van der Waals surface area contributed by atoms with Gasteiger partial charge in [0.2, 0.25) is 0 Å². The van der Waals surface area contributed by atoms with Gasteiger partial charge in [0.1, 0.15) is 11.3 Å². The van der Waals surface area contributed by atoms with Gasteiger partial charge in [-0.25, -0.2) is 14.3 Å². The number of unbranched alkanes of at least 4 members (excludes halogenated alkanes) is 1. The first-order valence-electron chi connectivity index (χ1n) is 12.4. The van der Waals surface area contributed by atoms with E-state index in [1.807, 2.05) is 32.0 Å². The first-order chi connectivity index (χ1) is 18.0. The summed E-state index contributed by atoms with van der Waals surface area (Å²) < 4.78 is 24.6. The molecule has 2 aromatic heterocycles. The van der Waals surface area contributed by atoms with Gasteiger partial charge < -0.3 is 23.5 Å². The number of ether oxygens (including phenoxy) is 2. The van der Waals surface area contributed by atoms with E-state index in [0.717, 1.165) is 22.7 Å². The highest BCUT2D eigenvalue weighted by molar-refractivity contribution is 7.47. The Labute approximate surface area is 217 Å². The fourth-order valence-corrected chi connectivity index (χ4v) is 5.42. The maximum Gasteiger partial charge on any atom is 0.333 e. The van der Waals surface area contributed by atoms with E-state index in [9.17, 15) is 9.59 Å². The van der Waals surface area contributed by atoms with Crippen molar-refractivity contribution in [3.63, 3.8) is 0 Å². The van der Waals surface area contributed by atoms with Crippen LogP contribution in [0.3, 0.4) is 0 Å². The number of methoxy groups -OCH3 is 2. The number of aryl methyl sites for hydroxylation is 3. The van der Waals surface area contributed by atoms with Gasteiger partial charge in [0, 0.05) is 19.1 Å². The highest BCUT2D eigenvalue weighted by atomic mass is 31.2. The summed E-state index contributed by atoms with van der Waals surface area (Å²) in [4.78, 5) is 33.9. The lowest BCUT2D eigenvalue weighted by atomic mass is 10.1. The number of aromatic amines is 1. The van der Waals surface area contributed by atoms with E-state index >= 15 is 0 Å². The highest BCUT2D eigenvalue weighted by Gasteiger charge is 2.18. The third kappa shape index (κ3) is 7.01. The highest BCUT2D eigenvalue weighted by Crippen LogP contribution is 2.38. The summed E-state index contributed by atoms with van der Waals surface area (Å²) in [6.45, 7) is 5.39. The van der Waals surface area contributed by atoms with E-state index in [0.29, 0.717) is 62.0 Å². The van der Waals surface area contributed by atoms with Crippen LogP contribution in [-0.4, -0.2) is 52.7 Å². The van der Waals surface area contributed by atoms with Crippen LogP contribution in [0.5, 0.6) is 11.5 Å². The van der Waals surface area contributed by atoms with Crippen LogP contribution >= 0.6 is 8.38 Å². The Kier molecular flexibility index (Phi) is 10.8. The Hall–Kier alpha value is -3.12. The third-order valence-corrected chi connectivity index (χ3v) is 7.55. The third-order valence-electron chi connectivity index (χ3n) is 5.78. The molecule has 200 valence electrons. The zero-order valence-corrected chi connectivity index (χ0v) is 22.8. The molecule has 0 unspecified atom stereocenters. The zero-order valence-electron chi connectivity index (χ0n) is 21.9. The summed E-state index contributed by atoms with van der Waals surface area (Å²) in [5.74, 6) is 4.32. The molecular formula is C26H35N4O6P. The maximum atomic E-state index is 13.2. The predicted molar refractivity (Wildman–Crippen MR) is 145 cm³/mol.